The summed E-state index contributed by atoms with van der Waals surface area (Å²) in [6.07, 6.45) is 0. The molecule has 0 saturated heterocycles. The number of imide groups is 1. The number of methoxy groups -OCH3 is 1. The van der Waals surface area contributed by atoms with Gasteiger partial charge in [-0.25, -0.2) is 0 Å². The zero-order valence-electron chi connectivity index (χ0n) is 17.2. The molecule has 0 fully saturated rings. The summed E-state index contributed by atoms with van der Waals surface area (Å²) in [4.78, 5) is 50.4. The zero-order valence-corrected chi connectivity index (χ0v) is 18.7. The summed E-state index contributed by atoms with van der Waals surface area (Å²) in [5.41, 5.74) is 2.18. The fourth-order valence-corrected chi connectivity index (χ4v) is 3.76. The topological polar surface area (TPSA) is 94.9 Å². The van der Waals surface area contributed by atoms with E-state index in [1.54, 1.807) is 20.1 Å². The van der Waals surface area contributed by atoms with E-state index in [1.807, 2.05) is 11.5 Å². The monoisotopic (exact) mass is 466 g/mol. The van der Waals surface area contributed by atoms with Crippen molar-refractivity contribution in [2.45, 2.75) is 20.4 Å². The molecule has 0 N–H and O–H groups in total. The van der Waals surface area contributed by atoms with E-state index in [1.165, 1.54) is 12.1 Å². The van der Waals surface area contributed by atoms with Gasteiger partial charge in [0.15, 0.2) is 6.61 Å². The number of esters is 1. The SMILES string of the molecule is COCCn1c(C)cc(C(=O)COC(=O)CN2C(=O)c3cc(Cl)c(Cl)cc3C2=O)c1C. The number of fused-ring (bicyclic) bond motifs is 1. The Labute approximate surface area is 188 Å². The number of ketones is 1. The van der Waals surface area contributed by atoms with Crippen LogP contribution in [-0.4, -0.2) is 59.9 Å². The highest BCUT2D eigenvalue weighted by Gasteiger charge is 2.38. The van der Waals surface area contributed by atoms with E-state index in [2.05, 4.69) is 0 Å². The Morgan fingerprint density at radius 1 is 1.00 bits per heavy atom. The van der Waals surface area contributed by atoms with Crippen molar-refractivity contribution < 1.29 is 28.7 Å². The van der Waals surface area contributed by atoms with Gasteiger partial charge in [-0.05, 0) is 32.0 Å². The fourth-order valence-electron chi connectivity index (χ4n) is 3.44. The molecule has 0 aliphatic carbocycles. The van der Waals surface area contributed by atoms with Crippen LogP contribution in [0.25, 0.3) is 0 Å². The Kier molecular flexibility index (Phi) is 6.83. The number of carbonyl (C=O) groups excluding carboxylic acids is 4. The number of rotatable bonds is 8. The van der Waals surface area contributed by atoms with Crippen molar-refractivity contribution in [2.75, 3.05) is 26.9 Å². The van der Waals surface area contributed by atoms with Crippen molar-refractivity contribution >= 4 is 46.8 Å². The summed E-state index contributed by atoms with van der Waals surface area (Å²) in [5.74, 6) is -2.62. The van der Waals surface area contributed by atoms with Gasteiger partial charge in [0.1, 0.15) is 6.54 Å². The van der Waals surface area contributed by atoms with Crippen molar-refractivity contribution in [3.63, 3.8) is 0 Å². The maximum atomic E-state index is 12.5. The second-order valence-corrected chi connectivity index (χ2v) is 7.84. The molecule has 2 heterocycles. The van der Waals surface area contributed by atoms with Crippen LogP contribution in [0.15, 0.2) is 18.2 Å². The van der Waals surface area contributed by atoms with Crippen LogP contribution in [0.4, 0.5) is 0 Å². The van der Waals surface area contributed by atoms with Crippen LogP contribution in [0.2, 0.25) is 10.0 Å². The van der Waals surface area contributed by atoms with Gasteiger partial charge in [-0.3, -0.25) is 24.1 Å². The van der Waals surface area contributed by atoms with Gasteiger partial charge in [0.25, 0.3) is 11.8 Å². The number of ether oxygens (including phenoxy) is 2. The summed E-state index contributed by atoms with van der Waals surface area (Å²) in [6, 6.07) is 4.29. The van der Waals surface area contributed by atoms with Crippen LogP contribution in [-0.2, 0) is 20.8 Å². The van der Waals surface area contributed by atoms with Crippen LogP contribution < -0.4 is 0 Å². The third-order valence-electron chi connectivity index (χ3n) is 5.06. The lowest BCUT2D eigenvalue weighted by Gasteiger charge is -2.13. The van der Waals surface area contributed by atoms with E-state index in [0.29, 0.717) is 18.7 Å². The predicted octanol–water partition coefficient (Wildman–Crippen LogP) is 3.08. The third kappa shape index (κ3) is 4.51. The number of hydrogen-bond acceptors (Lipinski definition) is 6. The maximum Gasteiger partial charge on any atom is 0.326 e. The van der Waals surface area contributed by atoms with Gasteiger partial charge in [-0.1, -0.05) is 23.2 Å². The molecule has 1 aromatic carbocycles. The van der Waals surface area contributed by atoms with Gasteiger partial charge in [0.05, 0.1) is 27.8 Å². The molecule has 0 atom stereocenters. The van der Waals surface area contributed by atoms with Crippen LogP contribution in [0.1, 0.15) is 42.5 Å². The van der Waals surface area contributed by atoms with Crippen molar-refractivity contribution in [1.29, 1.82) is 0 Å². The van der Waals surface area contributed by atoms with Gasteiger partial charge < -0.3 is 14.0 Å². The lowest BCUT2D eigenvalue weighted by Crippen LogP contribution is -2.36. The average Bonchev–Trinajstić information content (AvgIpc) is 3.13. The number of benzene rings is 1. The Balaban J connectivity index is 1.63. The maximum absolute atomic E-state index is 12.5. The Bertz CT molecular complexity index is 1050. The van der Waals surface area contributed by atoms with Crippen molar-refractivity contribution in [3.05, 3.63) is 56.3 Å². The highest BCUT2D eigenvalue weighted by atomic mass is 35.5. The van der Waals surface area contributed by atoms with Crippen LogP contribution >= 0.6 is 23.2 Å². The third-order valence-corrected chi connectivity index (χ3v) is 5.78. The number of aromatic nitrogens is 1. The molecule has 1 aliphatic rings. The highest BCUT2D eigenvalue weighted by Crippen LogP contribution is 2.31. The summed E-state index contributed by atoms with van der Waals surface area (Å²) in [5, 5.41) is 0.249. The van der Waals surface area contributed by atoms with Gasteiger partial charge in [0, 0.05) is 30.6 Å². The fraction of sp³-hybridized carbons (Fsp3) is 0.333. The summed E-state index contributed by atoms with van der Waals surface area (Å²) >= 11 is 11.8. The Hall–Kier alpha value is -2.68. The van der Waals surface area contributed by atoms with Crippen molar-refractivity contribution in [1.82, 2.24) is 9.47 Å². The molecule has 31 heavy (non-hydrogen) atoms. The lowest BCUT2D eigenvalue weighted by atomic mass is 10.1. The molecule has 0 radical (unpaired) electrons. The van der Waals surface area contributed by atoms with Gasteiger partial charge in [-0.15, -0.1) is 0 Å². The van der Waals surface area contributed by atoms with Crippen molar-refractivity contribution in [2.24, 2.45) is 0 Å². The standard InChI is InChI=1S/C21H20Cl2N2O6/c1-11-6-13(12(2)24(11)4-5-30-3)18(26)10-31-19(27)9-25-20(28)14-7-16(22)17(23)8-15(14)21(25)29/h6-8H,4-5,9-10H2,1-3H3. The van der Waals surface area contributed by atoms with E-state index in [4.69, 9.17) is 32.7 Å². The molecule has 0 bridgehead atoms. The smallest absolute Gasteiger partial charge is 0.326 e. The van der Waals surface area contributed by atoms with Crippen LogP contribution in [0, 0.1) is 13.8 Å². The number of Topliss-reactive ketones (excluding diaryl/α,β-unsaturated/α-hetero) is 1. The van der Waals surface area contributed by atoms with Gasteiger partial charge in [0.2, 0.25) is 5.78 Å². The van der Waals surface area contributed by atoms with E-state index in [9.17, 15) is 19.2 Å². The molecular formula is C21H20Cl2N2O6. The predicted molar refractivity (Wildman–Crippen MR) is 113 cm³/mol. The first kappa shape index (κ1) is 23.0. The highest BCUT2D eigenvalue weighted by molar-refractivity contribution is 6.43. The first-order valence-corrected chi connectivity index (χ1v) is 10.1. The Morgan fingerprint density at radius 2 is 1.58 bits per heavy atom. The molecule has 0 unspecified atom stereocenters. The van der Waals surface area contributed by atoms with E-state index < -0.39 is 30.9 Å². The molecule has 2 amide bonds. The molecule has 3 rings (SSSR count). The number of aryl methyl sites for hydroxylation is 1. The largest absolute Gasteiger partial charge is 0.456 e. The minimum Gasteiger partial charge on any atom is -0.456 e. The lowest BCUT2D eigenvalue weighted by molar-refractivity contribution is -0.142. The van der Waals surface area contributed by atoms with Crippen molar-refractivity contribution in [3.8, 4) is 0 Å². The molecule has 0 saturated carbocycles. The number of nitrogens with zero attached hydrogens (tertiary/aromatic N) is 2. The summed E-state index contributed by atoms with van der Waals surface area (Å²) in [6.45, 7) is 3.62. The molecule has 1 aromatic heterocycles. The minimum atomic E-state index is -0.881. The number of amides is 2. The van der Waals surface area contributed by atoms with E-state index >= 15 is 0 Å². The van der Waals surface area contributed by atoms with E-state index in [-0.39, 0.29) is 27.0 Å². The first-order chi connectivity index (χ1) is 14.6. The first-order valence-electron chi connectivity index (χ1n) is 9.35. The number of halogens is 2. The molecule has 1 aliphatic heterocycles. The summed E-state index contributed by atoms with van der Waals surface area (Å²) < 4.78 is 12.0. The van der Waals surface area contributed by atoms with Crippen LogP contribution in [0.5, 0.6) is 0 Å². The van der Waals surface area contributed by atoms with Gasteiger partial charge >= 0.3 is 5.97 Å². The second kappa shape index (κ2) is 9.21. The summed E-state index contributed by atoms with van der Waals surface area (Å²) in [7, 11) is 1.59. The molecule has 10 heteroatoms. The molecular weight excluding hydrogens is 447 g/mol. The second-order valence-electron chi connectivity index (χ2n) is 7.02. The minimum absolute atomic E-state index is 0.0618. The number of carbonyl (C=O) groups is 4. The molecule has 0 spiro atoms. The molecule has 164 valence electrons. The molecule has 8 nitrogen and oxygen atoms in total. The number of hydrogen-bond donors (Lipinski definition) is 0. The Morgan fingerprint density at radius 3 is 2.13 bits per heavy atom. The zero-order chi connectivity index (χ0) is 22.9. The van der Waals surface area contributed by atoms with Crippen LogP contribution in [0.3, 0.4) is 0 Å². The normalized spacial score (nSPS) is 13.0. The quantitative estimate of drug-likeness (QED) is 0.337. The van der Waals surface area contributed by atoms with Gasteiger partial charge in [-0.2, -0.15) is 0 Å². The molecule has 2 aromatic rings. The van der Waals surface area contributed by atoms with E-state index in [0.717, 1.165) is 16.3 Å². The average molecular weight is 467 g/mol.